The van der Waals surface area contributed by atoms with E-state index in [9.17, 15) is 31.4 Å². The molecule has 0 radical (unpaired) electrons. The van der Waals surface area contributed by atoms with Crippen molar-refractivity contribution < 1.29 is 31.4 Å². The van der Waals surface area contributed by atoms with Gasteiger partial charge < -0.3 is 5.11 Å². The molecule has 1 nitrogen and oxygen atoms in total. The average Bonchev–Trinajstić information content (AvgIpc) is 2.64. The molecule has 154 valence electrons. The molecule has 0 unspecified atom stereocenters. The largest absolute Gasteiger partial charge is 0.416 e. The third kappa shape index (κ3) is 5.50. The monoisotopic (exact) mass is 468 g/mol. The van der Waals surface area contributed by atoms with Crippen LogP contribution in [0.2, 0.25) is 0 Å². The van der Waals surface area contributed by atoms with E-state index in [1.54, 1.807) is 0 Å². The summed E-state index contributed by atoms with van der Waals surface area (Å²) in [6.07, 6.45) is -7.36. The van der Waals surface area contributed by atoms with E-state index in [-0.39, 0.29) is 17.5 Å². The van der Waals surface area contributed by atoms with Gasteiger partial charge in [-0.25, -0.2) is 0 Å². The predicted octanol–water partition coefficient (Wildman–Crippen LogP) is 6.92. The lowest BCUT2D eigenvalue weighted by Crippen LogP contribution is -2.28. The Morgan fingerprint density at radius 2 is 1.11 bits per heavy atom. The van der Waals surface area contributed by atoms with Crippen LogP contribution in [0, 0.1) is 0 Å². The van der Waals surface area contributed by atoms with Crippen molar-refractivity contribution >= 4 is 15.9 Å². The molecule has 0 aromatic heterocycles. The number of hydrogen-bond acceptors (Lipinski definition) is 1. The summed E-state index contributed by atoms with van der Waals surface area (Å²) in [6, 6.07) is 8.22. The maximum atomic E-state index is 13.1. The smallest absolute Gasteiger partial charge is 0.380 e. The highest BCUT2D eigenvalue weighted by Gasteiger charge is 2.37. The van der Waals surface area contributed by atoms with Crippen molar-refractivity contribution in [2.45, 2.75) is 43.6 Å². The quantitative estimate of drug-likeness (QED) is 0.265. The molecule has 0 aliphatic carbocycles. The molecule has 0 saturated carbocycles. The minimum absolute atomic E-state index is 0.00260. The molecule has 0 spiro atoms. The van der Waals surface area contributed by atoms with Gasteiger partial charge in [-0.05, 0) is 54.7 Å². The molecular weight excluding hydrogens is 450 g/mol. The van der Waals surface area contributed by atoms with Gasteiger partial charge in [0.1, 0.15) is 5.60 Å². The Bertz CT molecular complexity index is 727. The van der Waals surface area contributed by atoms with E-state index in [0.717, 1.165) is 48.1 Å². The number of unbranched alkanes of at least 4 members (excludes halogenated alkanes) is 2. The van der Waals surface area contributed by atoms with Crippen LogP contribution in [0.15, 0.2) is 48.5 Å². The van der Waals surface area contributed by atoms with Crippen molar-refractivity contribution in [3.05, 3.63) is 70.8 Å². The van der Waals surface area contributed by atoms with E-state index in [4.69, 9.17) is 0 Å². The third-order valence-corrected chi connectivity index (χ3v) is 5.07. The minimum atomic E-state index is -4.62. The fourth-order valence-electron chi connectivity index (χ4n) is 3.01. The molecule has 0 atom stereocenters. The highest BCUT2D eigenvalue weighted by molar-refractivity contribution is 9.09. The second-order valence-corrected chi connectivity index (χ2v) is 7.31. The molecule has 0 bridgehead atoms. The summed E-state index contributed by atoms with van der Waals surface area (Å²) in [5, 5.41) is 12.0. The Kier molecular flexibility index (Phi) is 7.20. The molecule has 0 saturated heterocycles. The van der Waals surface area contributed by atoms with E-state index in [1.807, 2.05) is 0 Å². The Hall–Kier alpha value is -1.54. The van der Waals surface area contributed by atoms with Gasteiger partial charge in [-0.3, -0.25) is 0 Å². The van der Waals surface area contributed by atoms with Gasteiger partial charge in [0.25, 0.3) is 0 Å². The molecule has 2 rings (SSSR count). The first-order valence-corrected chi connectivity index (χ1v) is 9.74. The van der Waals surface area contributed by atoms with E-state index in [2.05, 4.69) is 15.9 Å². The van der Waals surface area contributed by atoms with Crippen molar-refractivity contribution in [1.82, 2.24) is 0 Å². The van der Waals surface area contributed by atoms with E-state index in [1.165, 1.54) is 12.1 Å². The Labute approximate surface area is 167 Å². The van der Waals surface area contributed by atoms with Crippen molar-refractivity contribution in [3.8, 4) is 0 Å². The molecule has 0 aliphatic heterocycles. The molecule has 1 N–H and O–H groups in total. The maximum absolute atomic E-state index is 13.1. The first-order chi connectivity index (χ1) is 13.0. The first kappa shape index (κ1) is 22.7. The van der Waals surface area contributed by atoms with E-state index in [0.29, 0.717) is 12.8 Å². The highest BCUT2D eigenvalue weighted by Crippen LogP contribution is 2.40. The zero-order chi connectivity index (χ0) is 21.0. The molecule has 0 aliphatic rings. The summed E-state index contributed by atoms with van der Waals surface area (Å²) in [6.45, 7) is 0. The molecule has 0 amide bonds. The standard InChI is InChI=1S/C20H19BrF6O/c21-11-3-1-2-10-18(28,14-6-4-8-16(12-14)19(22,23)24)15-7-5-9-17(13-15)20(25,26)27/h4-9,12-13,28H,1-3,10-11H2. The van der Waals surface area contributed by atoms with Crippen molar-refractivity contribution in [2.24, 2.45) is 0 Å². The van der Waals surface area contributed by atoms with Crippen LogP contribution < -0.4 is 0 Å². The summed E-state index contributed by atoms with van der Waals surface area (Å²) in [5.41, 5.74) is -4.05. The van der Waals surface area contributed by atoms with Gasteiger partial charge in [0, 0.05) is 5.33 Å². The number of aliphatic hydroxyl groups is 1. The van der Waals surface area contributed by atoms with E-state index < -0.39 is 29.1 Å². The lowest BCUT2D eigenvalue weighted by molar-refractivity contribution is -0.138. The Balaban J connectivity index is 2.52. The molecular formula is C20H19BrF6O. The highest BCUT2D eigenvalue weighted by atomic mass is 79.9. The van der Waals surface area contributed by atoms with Crippen LogP contribution in [-0.4, -0.2) is 10.4 Å². The SMILES string of the molecule is OC(CCCCCBr)(c1cccc(C(F)(F)F)c1)c1cccc(C(F)(F)F)c1. The van der Waals surface area contributed by atoms with Crippen LogP contribution in [0.4, 0.5) is 26.3 Å². The fraction of sp³-hybridized carbons (Fsp3) is 0.400. The van der Waals surface area contributed by atoms with Gasteiger partial charge in [0.2, 0.25) is 0 Å². The molecule has 28 heavy (non-hydrogen) atoms. The third-order valence-electron chi connectivity index (χ3n) is 4.51. The first-order valence-electron chi connectivity index (χ1n) is 8.62. The van der Waals surface area contributed by atoms with E-state index >= 15 is 0 Å². The van der Waals surface area contributed by atoms with Gasteiger partial charge in [-0.2, -0.15) is 26.3 Å². The predicted molar refractivity (Wildman–Crippen MR) is 98.1 cm³/mol. The van der Waals surface area contributed by atoms with Gasteiger partial charge in [0.15, 0.2) is 0 Å². The fourth-order valence-corrected chi connectivity index (χ4v) is 3.41. The molecule has 2 aromatic carbocycles. The number of hydrogen-bond donors (Lipinski definition) is 1. The van der Waals surface area contributed by atoms with Gasteiger partial charge >= 0.3 is 12.4 Å². The van der Waals surface area contributed by atoms with Crippen molar-refractivity contribution in [2.75, 3.05) is 5.33 Å². The Morgan fingerprint density at radius 1 is 0.679 bits per heavy atom. The van der Waals surface area contributed by atoms with Crippen LogP contribution in [-0.2, 0) is 18.0 Å². The zero-order valence-corrected chi connectivity index (χ0v) is 16.3. The second-order valence-electron chi connectivity index (χ2n) is 6.52. The second kappa shape index (κ2) is 8.86. The maximum Gasteiger partial charge on any atom is 0.416 e. The summed E-state index contributed by atoms with van der Waals surface area (Å²) in [4.78, 5) is 0. The molecule has 0 heterocycles. The molecule has 8 heteroatoms. The van der Waals surface area contributed by atoms with Gasteiger partial charge in [-0.15, -0.1) is 0 Å². The van der Waals surface area contributed by atoms with Gasteiger partial charge in [-0.1, -0.05) is 46.6 Å². The summed E-state index contributed by atoms with van der Waals surface area (Å²) in [5.74, 6) is 0. The van der Waals surface area contributed by atoms with Crippen LogP contribution in [0.25, 0.3) is 0 Å². The van der Waals surface area contributed by atoms with Crippen LogP contribution in [0.1, 0.15) is 47.9 Å². The lowest BCUT2D eigenvalue weighted by Gasteiger charge is -2.31. The summed E-state index contributed by atoms with van der Waals surface area (Å²) < 4.78 is 78.6. The summed E-state index contributed by atoms with van der Waals surface area (Å²) >= 11 is 3.27. The number of halogens is 7. The normalized spacial score (nSPS) is 13.0. The van der Waals surface area contributed by atoms with Crippen LogP contribution in [0.5, 0.6) is 0 Å². The number of alkyl halides is 7. The van der Waals surface area contributed by atoms with Crippen LogP contribution in [0.3, 0.4) is 0 Å². The van der Waals surface area contributed by atoms with Crippen molar-refractivity contribution in [3.63, 3.8) is 0 Å². The molecule has 0 fully saturated rings. The summed E-state index contributed by atoms with van der Waals surface area (Å²) in [7, 11) is 0. The molecule has 2 aromatic rings. The van der Waals surface area contributed by atoms with Gasteiger partial charge in [0.05, 0.1) is 11.1 Å². The zero-order valence-electron chi connectivity index (χ0n) is 14.7. The van der Waals surface area contributed by atoms with Crippen molar-refractivity contribution in [1.29, 1.82) is 0 Å². The van der Waals surface area contributed by atoms with Crippen LogP contribution >= 0.6 is 15.9 Å². The number of benzene rings is 2. The average molecular weight is 469 g/mol. The topological polar surface area (TPSA) is 20.2 Å². The minimum Gasteiger partial charge on any atom is -0.380 e. The Morgan fingerprint density at radius 3 is 1.50 bits per heavy atom. The number of rotatable bonds is 7. The lowest BCUT2D eigenvalue weighted by atomic mass is 9.81.